The van der Waals surface area contributed by atoms with E-state index in [9.17, 15) is 0 Å². The van der Waals surface area contributed by atoms with Crippen LogP contribution in [0.15, 0.2) is 34.8 Å². The van der Waals surface area contributed by atoms with Gasteiger partial charge in [-0.25, -0.2) is 0 Å². The number of halogens is 3. The Morgan fingerprint density at radius 2 is 1.92 bits per heavy atom. The van der Waals surface area contributed by atoms with E-state index in [-0.39, 0.29) is 0 Å². The molecule has 0 aromatic heterocycles. The van der Waals surface area contributed by atoms with E-state index in [2.05, 4.69) is 21.2 Å². The van der Waals surface area contributed by atoms with Crippen molar-refractivity contribution in [2.24, 2.45) is 0 Å². The minimum atomic E-state index is 0.346. The zero-order valence-electron chi connectivity index (χ0n) is 14.7. The molecular formula is C20H22BrCl2NO2. The molecule has 0 bridgehead atoms. The van der Waals surface area contributed by atoms with Gasteiger partial charge in [0, 0.05) is 38.2 Å². The number of hydrogen-bond acceptors (Lipinski definition) is 3. The molecular weight excluding hydrogens is 437 g/mol. The Bertz CT molecular complexity index is 764. The first-order chi connectivity index (χ1) is 12.6. The molecule has 0 amide bonds. The number of hydrogen-bond donors (Lipinski definition) is 1. The number of benzene rings is 2. The smallest absolute Gasteiger partial charge is 0.167 e. The molecule has 2 aromatic carbocycles. The Balaban J connectivity index is 1.79. The predicted molar refractivity (Wildman–Crippen MR) is 111 cm³/mol. The summed E-state index contributed by atoms with van der Waals surface area (Å²) in [7, 11) is 1.65. The average Bonchev–Trinajstić information content (AvgIpc) is 3.14. The van der Waals surface area contributed by atoms with E-state index in [1.165, 1.54) is 25.7 Å². The van der Waals surface area contributed by atoms with Crippen molar-refractivity contribution in [3.05, 3.63) is 56.0 Å². The number of ether oxygens (including phenoxy) is 2. The van der Waals surface area contributed by atoms with Gasteiger partial charge in [0.05, 0.1) is 7.11 Å². The van der Waals surface area contributed by atoms with Crippen LogP contribution in [0, 0.1) is 0 Å². The number of methoxy groups -OCH3 is 1. The van der Waals surface area contributed by atoms with Crippen molar-refractivity contribution >= 4 is 39.1 Å². The van der Waals surface area contributed by atoms with Crippen LogP contribution < -0.4 is 14.8 Å². The first-order valence-electron chi connectivity index (χ1n) is 8.74. The maximum Gasteiger partial charge on any atom is 0.167 e. The van der Waals surface area contributed by atoms with Gasteiger partial charge in [0.1, 0.15) is 6.61 Å². The fourth-order valence-corrected chi connectivity index (χ4v) is 4.15. The summed E-state index contributed by atoms with van der Waals surface area (Å²) >= 11 is 15.9. The van der Waals surface area contributed by atoms with Crippen LogP contribution in [0.25, 0.3) is 0 Å². The van der Waals surface area contributed by atoms with Crippen LogP contribution in [0.4, 0.5) is 0 Å². The number of rotatable bonds is 7. The quantitative estimate of drug-likeness (QED) is 0.522. The zero-order chi connectivity index (χ0) is 18.5. The lowest BCUT2D eigenvalue weighted by Crippen LogP contribution is -2.25. The summed E-state index contributed by atoms with van der Waals surface area (Å²) in [6, 6.07) is 9.89. The Morgan fingerprint density at radius 3 is 2.62 bits per heavy atom. The highest BCUT2D eigenvalue weighted by Crippen LogP contribution is 2.37. The topological polar surface area (TPSA) is 30.5 Å². The highest BCUT2D eigenvalue weighted by Gasteiger charge is 2.19. The largest absolute Gasteiger partial charge is 0.493 e. The van der Waals surface area contributed by atoms with E-state index in [4.69, 9.17) is 32.7 Å². The fourth-order valence-electron chi connectivity index (χ4n) is 3.23. The molecule has 2 aromatic rings. The van der Waals surface area contributed by atoms with Crippen molar-refractivity contribution < 1.29 is 9.47 Å². The first kappa shape index (κ1) is 19.8. The van der Waals surface area contributed by atoms with Gasteiger partial charge in [-0.2, -0.15) is 0 Å². The molecule has 0 atom stereocenters. The second-order valence-electron chi connectivity index (χ2n) is 6.44. The Kier molecular flexibility index (Phi) is 7.10. The Hall–Kier alpha value is -0.940. The van der Waals surface area contributed by atoms with E-state index in [1.807, 2.05) is 24.3 Å². The predicted octanol–water partition coefficient (Wildman–Crippen LogP) is 6.38. The second kappa shape index (κ2) is 9.32. The van der Waals surface area contributed by atoms with E-state index in [0.717, 1.165) is 27.9 Å². The van der Waals surface area contributed by atoms with Crippen molar-refractivity contribution in [1.29, 1.82) is 0 Å². The van der Waals surface area contributed by atoms with Gasteiger partial charge in [-0.1, -0.05) is 58.0 Å². The summed E-state index contributed by atoms with van der Waals surface area (Å²) in [6.07, 6.45) is 5.07. The minimum absolute atomic E-state index is 0.346. The maximum atomic E-state index is 6.27. The summed E-state index contributed by atoms with van der Waals surface area (Å²) in [6.45, 7) is 1.07. The molecule has 0 heterocycles. The van der Waals surface area contributed by atoms with Gasteiger partial charge < -0.3 is 14.8 Å². The molecule has 140 valence electrons. The summed E-state index contributed by atoms with van der Waals surface area (Å²) < 4.78 is 12.7. The molecule has 0 aliphatic heterocycles. The molecule has 1 fully saturated rings. The van der Waals surface area contributed by atoms with Gasteiger partial charge >= 0.3 is 0 Å². The first-order valence-corrected chi connectivity index (χ1v) is 10.3. The molecule has 0 spiro atoms. The molecule has 0 radical (unpaired) electrons. The van der Waals surface area contributed by atoms with Crippen LogP contribution in [0.3, 0.4) is 0 Å². The summed E-state index contributed by atoms with van der Waals surface area (Å²) in [4.78, 5) is 0. The van der Waals surface area contributed by atoms with Gasteiger partial charge in [-0.05, 0) is 37.1 Å². The Morgan fingerprint density at radius 1 is 1.15 bits per heavy atom. The lowest BCUT2D eigenvalue weighted by Gasteiger charge is -2.19. The van der Waals surface area contributed by atoms with E-state index >= 15 is 0 Å². The average molecular weight is 459 g/mol. The molecule has 1 saturated carbocycles. The molecule has 26 heavy (non-hydrogen) atoms. The molecule has 0 saturated heterocycles. The highest BCUT2D eigenvalue weighted by molar-refractivity contribution is 9.10. The molecule has 6 heteroatoms. The van der Waals surface area contributed by atoms with E-state index in [1.54, 1.807) is 13.2 Å². The molecule has 3 nitrogen and oxygen atoms in total. The van der Waals surface area contributed by atoms with Crippen LogP contribution in [0.1, 0.15) is 36.8 Å². The van der Waals surface area contributed by atoms with Gasteiger partial charge in [-0.15, -0.1) is 0 Å². The molecule has 0 unspecified atom stereocenters. The number of nitrogens with one attached hydrogen (secondary N) is 1. The maximum absolute atomic E-state index is 6.27. The Labute approximate surface area is 173 Å². The van der Waals surface area contributed by atoms with E-state index in [0.29, 0.717) is 28.4 Å². The molecule has 3 rings (SSSR count). The fraction of sp³-hybridized carbons (Fsp3) is 0.400. The normalized spacial score (nSPS) is 14.6. The second-order valence-corrected chi connectivity index (χ2v) is 8.14. The third-order valence-electron chi connectivity index (χ3n) is 4.70. The SMILES string of the molecule is COc1ccc(Br)c(CNC2CCCC2)c1OCc1ccc(Cl)cc1Cl. The van der Waals surface area contributed by atoms with Gasteiger partial charge in [0.15, 0.2) is 11.5 Å². The minimum Gasteiger partial charge on any atom is -0.493 e. The summed E-state index contributed by atoms with van der Waals surface area (Å²) in [5, 5.41) is 4.84. The monoisotopic (exact) mass is 457 g/mol. The van der Waals surface area contributed by atoms with Crippen molar-refractivity contribution in [1.82, 2.24) is 5.32 Å². The van der Waals surface area contributed by atoms with Crippen LogP contribution in [-0.2, 0) is 13.2 Å². The van der Waals surface area contributed by atoms with Crippen LogP contribution in [0.2, 0.25) is 10.0 Å². The van der Waals surface area contributed by atoms with Gasteiger partial charge in [0.2, 0.25) is 0 Å². The zero-order valence-corrected chi connectivity index (χ0v) is 17.8. The van der Waals surface area contributed by atoms with Crippen LogP contribution in [-0.4, -0.2) is 13.2 Å². The summed E-state index contributed by atoms with van der Waals surface area (Å²) in [5.41, 5.74) is 1.94. The van der Waals surface area contributed by atoms with Gasteiger partial charge in [-0.3, -0.25) is 0 Å². The van der Waals surface area contributed by atoms with Crippen LogP contribution >= 0.6 is 39.1 Å². The highest BCUT2D eigenvalue weighted by atomic mass is 79.9. The van der Waals surface area contributed by atoms with Crippen molar-refractivity contribution in [2.45, 2.75) is 44.9 Å². The van der Waals surface area contributed by atoms with Crippen LogP contribution in [0.5, 0.6) is 11.5 Å². The van der Waals surface area contributed by atoms with Crippen molar-refractivity contribution in [3.63, 3.8) is 0 Å². The third kappa shape index (κ3) is 4.86. The van der Waals surface area contributed by atoms with Crippen molar-refractivity contribution in [3.8, 4) is 11.5 Å². The lowest BCUT2D eigenvalue weighted by molar-refractivity contribution is 0.280. The summed E-state index contributed by atoms with van der Waals surface area (Å²) in [5.74, 6) is 1.44. The third-order valence-corrected chi connectivity index (χ3v) is 6.03. The molecule has 1 aliphatic rings. The lowest BCUT2D eigenvalue weighted by atomic mass is 10.1. The molecule has 1 N–H and O–H groups in total. The van der Waals surface area contributed by atoms with Gasteiger partial charge in [0.25, 0.3) is 0 Å². The van der Waals surface area contributed by atoms with E-state index < -0.39 is 0 Å². The molecule has 1 aliphatic carbocycles. The van der Waals surface area contributed by atoms with Crippen molar-refractivity contribution in [2.75, 3.05) is 7.11 Å². The standard InChI is InChI=1S/C20H22BrCl2NO2/c1-25-19-9-8-17(21)16(11-24-15-4-2-3-5-15)20(19)26-12-13-6-7-14(22)10-18(13)23/h6-10,15,24H,2-5,11-12H2,1H3.